The van der Waals surface area contributed by atoms with E-state index in [0.29, 0.717) is 17.4 Å². The molecule has 0 fully saturated rings. The molecular weight excluding hydrogens is 262 g/mol. The van der Waals surface area contributed by atoms with Crippen molar-refractivity contribution in [3.8, 4) is 11.1 Å². The number of anilines is 2. The third kappa shape index (κ3) is 3.56. The Morgan fingerprint density at radius 1 is 1.32 bits per heavy atom. The van der Waals surface area contributed by atoms with Crippen LogP contribution in [0.5, 0.6) is 0 Å². The summed E-state index contributed by atoms with van der Waals surface area (Å²) >= 11 is 6.00. The Bertz CT molecular complexity index is 558. The second-order valence-corrected chi connectivity index (χ2v) is 4.51. The standard InChI is InChI=1S/C13H16ClN5/c14-10-4-1-3-9(7-10)11-8-18-13(16)19-12(11)17-6-2-5-15/h1,3-4,7-8H,2,5-6,15H2,(H3,16,17,18,19). The minimum Gasteiger partial charge on any atom is -0.369 e. The van der Waals surface area contributed by atoms with E-state index in [1.165, 1.54) is 0 Å². The third-order valence-electron chi connectivity index (χ3n) is 2.62. The van der Waals surface area contributed by atoms with Crippen LogP contribution in [0.25, 0.3) is 11.1 Å². The summed E-state index contributed by atoms with van der Waals surface area (Å²) in [5, 5.41) is 3.89. The van der Waals surface area contributed by atoms with E-state index in [1.54, 1.807) is 6.20 Å². The fourth-order valence-electron chi connectivity index (χ4n) is 1.71. The van der Waals surface area contributed by atoms with Gasteiger partial charge in [0.25, 0.3) is 0 Å². The average molecular weight is 278 g/mol. The Hall–Kier alpha value is -1.85. The van der Waals surface area contributed by atoms with E-state index in [9.17, 15) is 0 Å². The van der Waals surface area contributed by atoms with Gasteiger partial charge in [0.05, 0.1) is 0 Å². The van der Waals surface area contributed by atoms with Crippen LogP contribution in [-0.4, -0.2) is 23.1 Å². The first kappa shape index (κ1) is 13.6. The van der Waals surface area contributed by atoms with Crippen molar-refractivity contribution in [3.05, 3.63) is 35.5 Å². The van der Waals surface area contributed by atoms with Gasteiger partial charge in [-0.15, -0.1) is 0 Å². The molecule has 0 radical (unpaired) electrons. The summed E-state index contributed by atoms with van der Waals surface area (Å²) in [5.41, 5.74) is 12.9. The molecule has 0 unspecified atom stereocenters. The maximum atomic E-state index is 6.00. The molecule has 0 saturated heterocycles. The number of aromatic nitrogens is 2. The fraction of sp³-hybridized carbons (Fsp3) is 0.231. The zero-order chi connectivity index (χ0) is 13.7. The van der Waals surface area contributed by atoms with Crippen LogP contribution in [0.15, 0.2) is 30.5 Å². The van der Waals surface area contributed by atoms with Crippen molar-refractivity contribution >= 4 is 23.4 Å². The normalized spacial score (nSPS) is 10.4. The number of rotatable bonds is 5. The Kier molecular flexibility index (Phi) is 4.54. The minimum absolute atomic E-state index is 0.237. The van der Waals surface area contributed by atoms with Crippen molar-refractivity contribution in [2.24, 2.45) is 5.73 Å². The van der Waals surface area contributed by atoms with Gasteiger partial charge >= 0.3 is 0 Å². The molecule has 0 bridgehead atoms. The summed E-state index contributed by atoms with van der Waals surface area (Å²) < 4.78 is 0. The quantitative estimate of drug-likeness (QED) is 0.729. The molecule has 19 heavy (non-hydrogen) atoms. The van der Waals surface area contributed by atoms with Crippen LogP contribution in [-0.2, 0) is 0 Å². The van der Waals surface area contributed by atoms with Gasteiger partial charge in [0.1, 0.15) is 5.82 Å². The number of hydrogen-bond acceptors (Lipinski definition) is 5. The van der Waals surface area contributed by atoms with Crippen molar-refractivity contribution in [1.29, 1.82) is 0 Å². The number of halogens is 1. The molecule has 6 heteroatoms. The monoisotopic (exact) mass is 277 g/mol. The van der Waals surface area contributed by atoms with E-state index in [0.717, 1.165) is 24.1 Å². The van der Waals surface area contributed by atoms with Gasteiger partial charge in [0, 0.05) is 23.3 Å². The van der Waals surface area contributed by atoms with E-state index < -0.39 is 0 Å². The largest absolute Gasteiger partial charge is 0.369 e. The first-order valence-electron chi connectivity index (χ1n) is 6.03. The van der Waals surface area contributed by atoms with E-state index in [1.807, 2.05) is 24.3 Å². The highest BCUT2D eigenvalue weighted by atomic mass is 35.5. The topological polar surface area (TPSA) is 89.8 Å². The van der Waals surface area contributed by atoms with Crippen LogP contribution in [0.4, 0.5) is 11.8 Å². The molecule has 1 aromatic heterocycles. The van der Waals surface area contributed by atoms with E-state index in [-0.39, 0.29) is 5.95 Å². The van der Waals surface area contributed by atoms with Crippen molar-refractivity contribution < 1.29 is 0 Å². The van der Waals surface area contributed by atoms with Crippen LogP contribution >= 0.6 is 11.6 Å². The summed E-state index contributed by atoms with van der Waals surface area (Å²) in [6.45, 7) is 1.36. The molecule has 100 valence electrons. The van der Waals surface area contributed by atoms with Crippen LogP contribution < -0.4 is 16.8 Å². The van der Waals surface area contributed by atoms with E-state index in [2.05, 4.69) is 15.3 Å². The Morgan fingerprint density at radius 3 is 2.89 bits per heavy atom. The third-order valence-corrected chi connectivity index (χ3v) is 2.85. The van der Waals surface area contributed by atoms with Gasteiger partial charge in [0.15, 0.2) is 0 Å². The molecular formula is C13H16ClN5. The van der Waals surface area contributed by atoms with E-state index >= 15 is 0 Å². The fourth-order valence-corrected chi connectivity index (χ4v) is 1.90. The van der Waals surface area contributed by atoms with Crippen molar-refractivity contribution in [3.63, 3.8) is 0 Å². The van der Waals surface area contributed by atoms with Crippen LogP contribution in [0, 0.1) is 0 Å². The molecule has 0 amide bonds. The molecule has 5 N–H and O–H groups in total. The molecule has 0 saturated carbocycles. The van der Waals surface area contributed by atoms with Crippen LogP contribution in [0.1, 0.15) is 6.42 Å². The Labute approximate surface area is 117 Å². The van der Waals surface area contributed by atoms with Gasteiger partial charge in [-0.05, 0) is 30.7 Å². The highest BCUT2D eigenvalue weighted by Crippen LogP contribution is 2.28. The zero-order valence-electron chi connectivity index (χ0n) is 10.4. The van der Waals surface area contributed by atoms with Gasteiger partial charge in [0.2, 0.25) is 5.95 Å². The molecule has 1 aromatic carbocycles. The van der Waals surface area contributed by atoms with Crippen molar-refractivity contribution in [1.82, 2.24) is 9.97 Å². The van der Waals surface area contributed by atoms with Crippen LogP contribution in [0.2, 0.25) is 5.02 Å². The summed E-state index contributed by atoms with van der Waals surface area (Å²) in [5.74, 6) is 0.934. The van der Waals surface area contributed by atoms with E-state index in [4.69, 9.17) is 23.1 Å². The number of hydrogen-bond donors (Lipinski definition) is 3. The molecule has 0 aliphatic carbocycles. The summed E-state index contributed by atoms with van der Waals surface area (Å²) in [7, 11) is 0. The Morgan fingerprint density at radius 2 is 2.16 bits per heavy atom. The highest BCUT2D eigenvalue weighted by Gasteiger charge is 2.08. The second-order valence-electron chi connectivity index (χ2n) is 4.07. The number of nitrogen functional groups attached to an aromatic ring is 1. The Balaban J connectivity index is 2.33. The molecule has 2 aromatic rings. The first-order chi connectivity index (χ1) is 9.20. The lowest BCUT2D eigenvalue weighted by molar-refractivity contribution is 0.870. The van der Waals surface area contributed by atoms with Gasteiger partial charge in [-0.25, -0.2) is 4.98 Å². The average Bonchev–Trinajstić information content (AvgIpc) is 2.39. The zero-order valence-corrected chi connectivity index (χ0v) is 11.2. The van der Waals surface area contributed by atoms with Gasteiger partial charge in [-0.2, -0.15) is 4.98 Å². The first-order valence-corrected chi connectivity index (χ1v) is 6.41. The molecule has 0 aliphatic rings. The molecule has 2 rings (SSSR count). The predicted molar refractivity (Wildman–Crippen MR) is 79.1 cm³/mol. The summed E-state index contributed by atoms with van der Waals surface area (Å²) in [4.78, 5) is 8.26. The van der Waals surface area contributed by atoms with Gasteiger partial charge in [-0.1, -0.05) is 23.7 Å². The molecule has 0 atom stereocenters. The lowest BCUT2D eigenvalue weighted by Crippen LogP contribution is -2.11. The molecule has 0 aliphatic heterocycles. The number of nitrogens with two attached hydrogens (primary N) is 2. The molecule has 0 spiro atoms. The molecule has 1 heterocycles. The van der Waals surface area contributed by atoms with Gasteiger partial charge in [-0.3, -0.25) is 0 Å². The summed E-state index contributed by atoms with van der Waals surface area (Å²) in [6, 6.07) is 7.53. The highest BCUT2D eigenvalue weighted by molar-refractivity contribution is 6.30. The maximum Gasteiger partial charge on any atom is 0.221 e. The van der Waals surface area contributed by atoms with Crippen LogP contribution in [0.3, 0.4) is 0 Å². The van der Waals surface area contributed by atoms with Crippen molar-refractivity contribution in [2.45, 2.75) is 6.42 Å². The predicted octanol–water partition coefficient (Wildman–Crippen LogP) is 2.14. The molecule has 5 nitrogen and oxygen atoms in total. The smallest absolute Gasteiger partial charge is 0.221 e. The lowest BCUT2D eigenvalue weighted by Gasteiger charge is -2.11. The second kappa shape index (κ2) is 6.36. The van der Waals surface area contributed by atoms with Gasteiger partial charge < -0.3 is 16.8 Å². The number of benzene rings is 1. The maximum absolute atomic E-state index is 6.00. The van der Waals surface area contributed by atoms with Crippen molar-refractivity contribution in [2.75, 3.05) is 24.1 Å². The number of nitrogens with zero attached hydrogens (tertiary/aromatic N) is 2. The SMILES string of the molecule is NCCCNc1nc(N)ncc1-c1cccc(Cl)c1. The lowest BCUT2D eigenvalue weighted by atomic mass is 10.1. The minimum atomic E-state index is 0.237. The number of nitrogens with one attached hydrogen (secondary N) is 1. The summed E-state index contributed by atoms with van der Waals surface area (Å²) in [6.07, 6.45) is 2.55.